The fourth-order valence-electron chi connectivity index (χ4n) is 2.00. The SMILES string of the molecule is CCCCN(CCC(=O)NC1CC1)C(=O)c1ccoc1. The first kappa shape index (κ1) is 14.6. The van der Waals surface area contributed by atoms with Gasteiger partial charge in [-0.1, -0.05) is 13.3 Å². The zero-order chi connectivity index (χ0) is 14.4. The fourth-order valence-corrected chi connectivity index (χ4v) is 2.00. The van der Waals surface area contributed by atoms with Gasteiger partial charge in [-0.15, -0.1) is 0 Å². The average Bonchev–Trinajstić information content (AvgIpc) is 3.08. The number of carbonyl (C=O) groups is 2. The maximum atomic E-state index is 12.3. The molecule has 5 nitrogen and oxygen atoms in total. The first-order valence-electron chi connectivity index (χ1n) is 7.31. The highest BCUT2D eigenvalue weighted by Gasteiger charge is 2.24. The molecule has 110 valence electrons. The molecule has 0 spiro atoms. The van der Waals surface area contributed by atoms with E-state index in [-0.39, 0.29) is 11.8 Å². The number of hydrogen-bond acceptors (Lipinski definition) is 3. The van der Waals surface area contributed by atoms with E-state index in [0.29, 0.717) is 31.1 Å². The van der Waals surface area contributed by atoms with Crippen molar-refractivity contribution in [1.29, 1.82) is 0 Å². The zero-order valence-corrected chi connectivity index (χ0v) is 11.9. The summed E-state index contributed by atoms with van der Waals surface area (Å²) in [5, 5.41) is 2.94. The second kappa shape index (κ2) is 7.12. The van der Waals surface area contributed by atoms with Gasteiger partial charge >= 0.3 is 0 Å². The van der Waals surface area contributed by atoms with Crippen molar-refractivity contribution in [2.75, 3.05) is 13.1 Å². The van der Waals surface area contributed by atoms with Crippen LogP contribution in [0.4, 0.5) is 0 Å². The van der Waals surface area contributed by atoms with Gasteiger partial charge in [-0.2, -0.15) is 0 Å². The van der Waals surface area contributed by atoms with Crippen LogP contribution in [-0.2, 0) is 4.79 Å². The Hall–Kier alpha value is -1.78. The lowest BCUT2D eigenvalue weighted by atomic mass is 10.2. The van der Waals surface area contributed by atoms with Crippen LogP contribution in [-0.4, -0.2) is 35.8 Å². The molecule has 0 aromatic carbocycles. The monoisotopic (exact) mass is 278 g/mol. The number of hydrogen-bond donors (Lipinski definition) is 1. The molecule has 5 heteroatoms. The molecule has 1 aliphatic rings. The van der Waals surface area contributed by atoms with E-state index in [1.807, 2.05) is 0 Å². The minimum absolute atomic E-state index is 0.0361. The molecule has 1 N–H and O–H groups in total. The molecule has 1 aromatic rings. The Balaban J connectivity index is 1.85. The second-order valence-corrected chi connectivity index (χ2v) is 5.25. The fraction of sp³-hybridized carbons (Fsp3) is 0.600. The van der Waals surface area contributed by atoms with Crippen molar-refractivity contribution in [3.63, 3.8) is 0 Å². The van der Waals surface area contributed by atoms with Gasteiger partial charge in [0.15, 0.2) is 0 Å². The van der Waals surface area contributed by atoms with Crippen molar-refractivity contribution in [2.45, 2.75) is 45.1 Å². The molecule has 1 heterocycles. The third-order valence-corrected chi connectivity index (χ3v) is 3.39. The van der Waals surface area contributed by atoms with Gasteiger partial charge in [0.2, 0.25) is 5.91 Å². The third kappa shape index (κ3) is 4.40. The lowest BCUT2D eigenvalue weighted by Gasteiger charge is -2.21. The van der Waals surface area contributed by atoms with E-state index in [4.69, 9.17) is 4.42 Å². The molecule has 2 amide bonds. The lowest BCUT2D eigenvalue weighted by molar-refractivity contribution is -0.121. The summed E-state index contributed by atoms with van der Waals surface area (Å²) in [4.78, 5) is 25.7. The topological polar surface area (TPSA) is 62.6 Å². The van der Waals surface area contributed by atoms with Crippen LogP contribution in [0.5, 0.6) is 0 Å². The summed E-state index contributed by atoms with van der Waals surface area (Å²) in [6.45, 7) is 3.22. The Bertz CT molecular complexity index is 438. The number of nitrogens with zero attached hydrogens (tertiary/aromatic N) is 1. The molecule has 1 fully saturated rings. The summed E-state index contributed by atoms with van der Waals surface area (Å²) in [7, 11) is 0. The highest BCUT2D eigenvalue weighted by atomic mass is 16.3. The predicted molar refractivity (Wildman–Crippen MR) is 75.3 cm³/mol. The predicted octanol–water partition coefficient (Wildman–Crippen LogP) is 2.19. The molecule has 0 atom stereocenters. The van der Waals surface area contributed by atoms with Gasteiger partial charge in [-0.25, -0.2) is 0 Å². The molecule has 1 aromatic heterocycles. The van der Waals surface area contributed by atoms with Crippen LogP contribution in [0.1, 0.15) is 49.4 Å². The molecule has 0 radical (unpaired) electrons. The van der Waals surface area contributed by atoms with E-state index in [1.54, 1.807) is 11.0 Å². The number of furan rings is 1. The largest absolute Gasteiger partial charge is 0.472 e. The van der Waals surface area contributed by atoms with Crippen molar-refractivity contribution in [3.05, 3.63) is 24.2 Å². The van der Waals surface area contributed by atoms with Crippen molar-refractivity contribution < 1.29 is 14.0 Å². The number of unbranched alkanes of at least 4 members (excludes halogenated alkanes) is 1. The van der Waals surface area contributed by atoms with Crippen LogP contribution >= 0.6 is 0 Å². The summed E-state index contributed by atoms with van der Waals surface area (Å²) in [5.41, 5.74) is 0.545. The molecule has 0 aliphatic heterocycles. The van der Waals surface area contributed by atoms with Crippen LogP contribution in [0, 0.1) is 0 Å². The van der Waals surface area contributed by atoms with Crippen molar-refractivity contribution in [2.24, 2.45) is 0 Å². The highest BCUT2D eigenvalue weighted by Crippen LogP contribution is 2.18. The van der Waals surface area contributed by atoms with Crippen LogP contribution in [0.3, 0.4) is 0 Å². The summed E-state index contributed by atoms with van der Waals surface area (Å²) in [6.07, 6.45) is 7.43. The Morgan fingerprint density at radius 3 is 2.80 bits per heavy atom. The number of carbonyl (C=O) groups excluding carboxylic acids is 2. The van der Waals surface area contributed by atoms with E-state index in [1.165, 1.54) is 12.5 Å². The molecule has 0 saturated heterocycles. The average molecular weight is 278 g/mol. The number of nitrogens with one attached hydrogen (secondary N) is 1. The normalized spacial score (nSPS) is 14.1. The van der Waals surface area contributed by atoms with Crippen LogP contribution < -0.4 is 5.32 Å². The molecular formula is C15H22N2O3. The van der Waals surface area contributed by atoms with Crippen molar-refractivity contribution in [1.82, 2.24) is 10.2 Å². The van der Waals surface area contributed by atoms with Gasteiger partial charge in [0.25, 0.3) is 5.91 Å². The van der Waals surface area contributed by atoms with E-state index >= 15 is 0 Å². The molecule has 0 unspecified atom stereocenters. The third-order valence-electron chi connectivity index (χ3n) is 3.39. The zero-order valence-electron chi connectivity index (χ0n) is 11.9. The summed E-state index contributed by atoms with van der Waals surface area (Å²) < 4.78 is 4.95. The quantitative estimate of drug-likeness (QED) is 0.793. The minimum Gasteiger partial charge on any atom is -0.472 e. The van der Waals surface area contributed by atoms with Crippen LogP contribution in [0.25, 0.3) is 0 Å². The van der Waals surface area contributed by atoms with E-state index in [9.17, 15) is 9.59 Å². The standard InChI is InChI=1S/C15H22N2O3/c1-2-3-8-17(15(19)12-7-10-20-11-12)9-6-14(18)16-13-4-5-13/h7,10-11,13H,2-6,8-9H2,1H3,(H,16,18). The van der Waals surface area contributed by atoms with Crippen molar-refractivity contribution >= 4 is 11.8 Å². The second-order valence-electron chi connectivity index (χ2n) is 5.25. The van der Waals surface area contributed by atoms with Gasteiger partial charge in [-0.05, 0) is 25.3 Å². The van der Waals surface area contributed by atoms with Gasteiger partial charge < -0.3 is 14.6 Å². The van der Waals surface area contributed by atoms with E-state index in [2.05, 4.69) is 12.2 Å². The number of amides is 2. The Morgan fingerprint density at radius 1 is 1.40 bits per heavy atom. The van der Waals surface area contributed by atoms with Gasteiger partial charge in [0.05, 0.1) is 11.8 Å². The molecule has 0 bridgehead atoms. The first-order valence-corrected chi connectivity index (χ1v) is 7.31. The summed E-state index contributed by atoms with van der Waals surface area (Å²) >= 11 is 0. The van der Waals surface area contributed by atoms with Crippen molar-refractivity contribution in [3.8, 4) is 0 Å². The Morgan fingerprint density at radius 2 is 2.20 bits per heavy atom. The maximum absolute atomic E-state index is 12.3. The lowest BCUT2D eigenvalue weighted by Crippen LogP contribution is -2.36. The number of rotatable bonds is 8. The summed E-state index contributed by atoms with van der Waals surface area (Å²) in [5.74, 6) is -0.0274. The van der Waals surface area contributed by atoms with Gasteiger partial charge in [-0.3, -0.25) is 9.59 Å². The molecule has 1 saturated carbocycles. The van der Waals surface area contributed by atoms with Gasteiger partial charge in [0.1, 0.15) is 6.26 Å². The maximum Gasteiger partial charge on any atom is 0.257 e. The smallest absolute Gasteiger partial charge is 0.257 e. The Kier molecular flexibility index (Phi) is 5.21. The van der Waals surface area contributed by atoms with Gasteiger partial charge in [0, 0.05) is 25.6 Å². The van der Waals surface area contributed by atoms with Crippen LogP contribution in [0.15, 0.2) is 23.0 Å². The Labute approximate surface area is 119 Å². The highest BCUT2D eigenvalue weighted by molar-refractivity contribution is 5.94. The molecule has 1 aliphatic carbocycles. The molecular weight excluding hydrogens is 256 g/mol. The summed E-state index contributed by atoms with van der Waals surface area (Å²) in [6, 6.07) is 2.03. The first-order chi connectivity index (χ1) is 9.70. The molecule has 2 rings (SSSR count). The minimum atomic E-state index is -0.0635. The molecule has 20 heavy (non-hydrogen) atoms. The van der Waals surface area contributed by atoms with E-state index < -0.39 is 0 Å². The van der Waals surface area contributed by atoms with Crippen LogP contribution in [0.2, 0.25) is 0 Å². The van der Waals surface area contributed by atoms with E-state index in [0.717, 1.165) is 25.7 Å².